The van der Waals surface area contributed by atoms with Crippen molar-refractivity contribution in [3.05, 3.63) is 182 Å². The summed E-state index contributed by atoms with van der Waals surface area (Å²) in [6, 6.07) is 43.8. The van der Waals surface area contributed by atoms with Crippen LogP contribution in [0.1, 0.15) is 9.60 Å². The molecule has 9 aromatic rings. The van der Waals surface area contributed by atoms with Gasteiger partial charge in [-0.25, -0.2) is 0 Å². The molecule has 0 fully saturated rings. The summed E-state index contributed by atoms with van der Waals surface area (Å²) >= 11 is 0. The van der Waals surface area contributed by atoms with Crippen molar-refractivity contribution in [3.63, 3.8) is 0 Å². The molecule has 0 unspecified atom stereocenters. The van der Waals surface area contributed by atoms with Crippen LogP contribution in [0.2, 0.25) is 0 Å². The summed E-state index contributed by atoms with van der Waals surface area (Å²) in [6.07, 6.45) is 0. The smallest absolute Gasteiger partial charge is 0.0622 e. The van der Waals surface area contributed by atoms with Crippen molar-refractivity contribution in [1.82, 2.24) is 0 Å². The summed E-state index contributed by atoms with van der Waals surface area (Å²) in [5.74, 6) is 0. The molecule has 0 heteroatoms. The van der Waals surface area contributed by atoms with Gasteiger partial charge in [-0.15, -0.1) is 0 Å². The fraction of sp³-hybridized carbons (Fsp3) is 0. The van der Waals surface area contributed by atoms with Crippen molar-refractivity contribution in [1.29, 1.82) is 0 Å². The lowest BCUT2D eigenvalue weighted by Crippen LogP contribution is -1.92. The van der Waals surface area contributed by atoms with Crippen LogP contribution < -0.4 is 0 Å². The van der Waals surface area contributed by atoms with Crippen molar-refractivity contribution in [2.45, 2.75) is 0 Å². The van der Waals surface area contributed by atoms with Crippen LogP contribution in [-0.4, -0.2) is 0 Å². The standard InChI is InChI=1S/C46H30/c1-2-12-34(13-3-1)46-42-17-9-8-16-41(42)45(35-22-18-33(19-23-35)38-24-20-31-10-4-6-14-36(31)28-38)43-27-26-40(30-44(43)46)39-25-21-32-11-5-7-15-37(32)29-39/h1-30H/i8D,9D,16D,17D,26D,27D,30D. The number of rotatable bonds is 4. The Labute approximate surface area is 278 Å². The van der Waals surface area contributed by atoms with E-state index in [4.69, 9.17) is 2.74 Å². The van der Waals surface area contributed by atoms with Gasteiger partial charge >= 0.3 is 0 Å². The third-order valence-corrected chi connectivity index (χ3v) is 8.86. The summed E-state index contributed by atoms with van der Waals surface area (Å²) in [5, 5.41) is 5.42. The molecule has 0 N–H and O–H groups in total. The minimum atomic E-state index is -0.383. The van der Waals surface area contributed by atoms with Gasteiger partial charge in [0, 0.05) is 0 Å². The average molecular weight is 590 g/mol. The van der Waals surface area contributed by atoms with E-state index in [1.165, 1.54) is 0 Å². The quantitative estimate of drug-likeness (QED) is 0.179. The molecule has 0 saturated carbocycles. The van der Waals surface area contributed by atoms with E-state index in [1.807, 2.05) is 109 Å². The molecule has 0 amide bonds. The molecule has 214 valence electrons. The maximum Gasteiger partial charge on any atom is 0.0636 e. The lowest BCUT2D eigenvalue weighted by atomic mass is 9.84. The molecule has 0 atom stereocenters. The molecule has 0 radical (unpaired) electrons. The topological polar surface area (TPSA) is 0 Å². The lowest BCUT2D eigenvalue weighted by Gasteiger charge is -2.19. The van der Waals surface area contributed by atoms with E-state index in [0.29, 0.717) is 44.2 Å². The summed E-state index contributed by atoms with van der Waals surface area (Å²) in [7, 11) is 0. The van der Waals surface area contributed by atoms with E-state index in [1.54, 1.807) is 0 Å². The van der Waals surface area contributed by atoms with Crippen LogP contribution >= 0.6 is 0 Å². The molecule has 0 aromatic heterocycles. The Bertz CT molecular complexity index is 2950. The molecule has 0 bridgehead atoms. The Kier molecular flexibility index (Phi) is 4.76. The van der Waals surface area contributed by atoms with Crippen LogP contribution in [-0.2, 0) is 0 Å². The normalized spacial score (nSPS) is 13.6. The van der Waals surface area contributed by atoms with E-state index in [-0.39, 0.29) is 53.1 Å². The van der Waals surface area contributed by atoms with E-state index < -0.39 is 0 Å². The molecule has 46 heavy (non-hydrogen) atoms. The van der Waals surface area contributed by atoms with Gasteiger partial charge < -0.3 is 0 Å². The summed E-state index contributed by atoms with van der Waals surface area (Å²) in [5.41, 5.74) is 5.04. The average Bonchev–Trinajstić information content (AvgIpc) is 3.20. The number of benzene rings is 9. The van der Waals surface area contributed by atoms with Gasteiger partial charge in [-0.2, -0.15) is 0 Å². The second-order valence-corrected chi connectivity index (χ2v) is 11.6. The Morgan fingerprint density at radius 3 is 1.39 bits per heavy atom. The van der Waals surface area contributed by atoms with Crippen LogP contribution in [0, 0.1) is 0 Å². The van der Waals surface area contributed by atoms with Crippen LogP contribution in [0.5, 0.6) is 0 Å². The van der Waals surface area contributed by atoms with E-state index in [0.717, 1.165) is 32.7 Å². The molecule has 0 nitrogen and oxygen atoms in total. The van der Waals surface area contributed by atoms with Crippen LogP contribution in [0.3, 0.4) is 0 Å². The van der Waals surface area contributed by atoms with Crippen molar-refractivity contribution >= 4 is 43.1 Å². The zero-order chi connectivity index (χ0) is 36.5. The van der Waals surface area contributed by atoms with Crippen molar-refractivity contribution in [3.8, 4) is 44.5 Å². The van der Waals surface area contributed by atoms with Crippen LogP contribution in [0.4, 0.5) is 0 Å². The minimum Gasteiger partial charge on any atom is -0.0622 e. The minimum absolute atomic E-state index is 0.0264. The third-order valence-electron chi connectivity index (χ3n) is 8.86. The highest BCUT2D eigenvalue weighted by Gasteiger charge is 2.17. The number of hydrogen-bond donors (Lipinski definition) is 0. The molecule has 0 heterocycles. The molecule has 0 saturated heterocycles. The van der Waals surface area contributed by atoms with Gasteiger partial charge in [0.2, 0.25) is 0 Å². The highest BCUT2D eigenvalue weighted by Crippen LogP contribution is 2.45. The van der Waals surface area contributed by atoms with Gasteiger partial charge in [0.25, 0.3) is 0 Å². The Morgan fingerprint density at radius 1 is 0.304 bits per heavy atom. The largest absolute Gasteiger partial charge is 0.0636 e. The fourth-order valence-corrected chi connectivity index (χ4v) is 6.59. The maximum atomic E-state index is 9.88. The van der Waals surface area contributed by atoms with Gasteiger partial charge in [0.15, 0.2) is 0 Å². The first-order valence-corrected chi connectivity index (χ1v) is 15.4. The predicted octanol–water partition coefficient (Wildman–Crippen LogP) is 13.0. The molecule has 9 rings (SSSR count). The summed E-state index contributed by atoms with van der Waals surface area (Å²) in [6.45, 7) is 0. The monoisotopic (exact) mass is 589 g/mol. The summed E-state index contributed by atoms with van der Waals surface area (Å²) in [4.78, 5) is 0. The molecule has 0 aliphatic carbocycles. The number of fused-ring (bicyclic) bond motifs is 4. The second kappa shape index (κ2) is 10.9. The van der Waals surface area contributed by atoms with Gasteiger partial charge in [-0.1, -0.05) is 164 Å². The predicted molar refractivity (Wildman–Crippen MR) is 198 cm³/mol. The zero-order valence-corrected chi connectivity index (χ0v) is 24.8. The van der Waals surface area contributed by atoms with Crippen LogP contribution in [0.25, 0.3) is 87.6 Å². The molecule has 0 aliphatic heterocycles. The SMILES string of the molecule is [2H]c1c([2H])c([2H])c2c(-c3ccccc3)c3c([2H])c(-c4ccc5ccccc5c4)c([2H])c([2H])c3c(-c3ccc(-c4ccc5ccccc5c4)cc3)c2c1[2H]. The molecular weight excluding hydrogens is 553 g/mol. The lowest BCUT2D eigenvalue weighted by molar-refractivity contribution is 1.62. The Morgan fingerprint density at radius 2 is 0.761 bits per heavy atom. The van der Waals surface area contributed by atoms with E-state index >= 15 is 0 Å². The van der Waals surface area contributed by atoms with Gasteiger partial charge in [-0.3, -0.25) is 0 Å². The zero-order valence-electron chi connectivity index (χ0n) is 31.8. The molecule has 0 aliphatic rings. The summed E-state index contributed by atoms with van der Waals surface area (Å²) < 4.78 is 65.1. The van der Waals surface area contributed by atoms with Crippen LogP contribution in [0.15, 0.2) is 182 Å². The molecule has 9 aromatic carbocycles. The van der Waals surface area contributed by atoms with Gasteiger partial charge in [0.1, 0.15) is 0 Å². The Hall–Kier alpha value is -5.98. The maximum absolute atomic E-state index is 9.88. The highest BCUT2D eigenvalue weighted by atomic mass is 14.2. The first kappa shape index (κ1) is 20.1. The van der Waals surface area contributed by atoms with Gasteiger partial charge in [-0.05, 0) is 106 Å². The van der Waals surface area contributed by atoms with Gasteiger partial charge in [0.05, 0.1) is 9.60 Å². The first-order valence-electron chi connectivity index (χ1n) is 18.9. The van der Waals surface area contributed by atoms with E-state index in [2.05, 4.69) is 30.3 Å². The van der Waals surface area contributed by atoms with E-state index in [9.17, 15) is 6.85 Å². The molecular formula is C46H30. The molecule has 0 spiro atoms. The third kappa shape index (κ3) is 4.47. The fourth-order valence-electron chi connectivity index (χ4n) is 6.59. The number of hydrogen-bond acceptors (Lipinski definition) is 0. The first-order chi connectivity index (χ1) is 25.7. The van der Waals surface area contributed by atoms with Crippen molar-refractivity contribution in [2.75, 3.05) is 0 Å². The Balaban J connectivity index is 1.42. The van der Waals surface area contributed by atoms with Crippen molar-refractivity contribution < 1.29 is 9.60 Å². The van der Waals surface area contributed by atoms with Crippen molar-refractivity contribution in [2.24, 2.45) is 0 Å². The second-order valence-electron chi connectivity index (χ2n) is 11.6. The highest BCUT2D eigenvalue weighted by molar-refractivity contribution is 6.22.